The first-order chi connectivity index (χ1) is 10.6. The fraction of sp³-hybridized carbons (Fsp3) is 0.267. The predicted octanol–water partition coefficient (Wildman–Crippen LogP) is 2.54. The number of amides is 1. The molecular formula is C15H19Cl2N5OS. The van der Waals surface area contributed by atoms with Gasteiger partial charge in [0.25, 0.3) is 5.91 Å². The van der Waals surface area contributed by atoms with E-state index < -0.39 is 0 Å². The highest BCUT2D eigenvalue weighted by Crippen LogP contribution is 2.29. The number of fused-ring (bicyclic) bond motifs is 1. The number of nitrogens with two attached hydrogens (primary N) is 1. The summed E-state index contributed by atoms with van der Waals surface area (Å²) in [5.74, 6) is -0.147. The number of hydrogen-bond acceptors (Lipinski definition) is 5. The van der Waals surface area contributed by atoms with E-state index in [0.29, 0.717) is 24.3 Å². The van der Waals surface area contributed by atoms with Crippen LogP contribution in [0.15, 0.2) is 23.6 Å². The van der Waals surface area contributed by atoms with Gasteiger partial charge in [-0.2, -0.15) is 5.10 Å². The molecule has 0 saturated heterocycles. The molecule has 0 radical (unpaired) electrons. The fourth-order valence-electron chi connectivity index (χ4n) is 2.46. The van der Waals surface area contributed by atoms with Crippen molar-refractivity contribution in [3.63, 3.8) is 0 Å². The Morgan fingerprint density at radius 1 is 1.42 bits per heavy atom. The molecule has 0 aliphatic carbocycles. The molecule has 0 aliphatic rings. The van der Waals surface area contributed by atoms with Crippen LogP contribution in [0.3, 0.4) is 0 Å². The van der Waals surface area contributed by atoms with E-state index in [4.69, 9.17) is 5.73 Å². The zero-order valence-electron chi connectivity index (χ0n) is 13.3. The molecule has 3 rings (SSSR count). The molecule has 6 nitrogen and oxygen atoms in total. The number of nitrogens with zero attached hydrogens (tertiary/aromatic N) is 3. The van der Waals surface area contributed by atoms with Crippen LogP contribution in [-0.2, 0) is 7.05 Å². The van der Waals surface area contributed by atoms with Gasteiger partial charge in [0.2, 0.25) is 0 Å². The van der Waals surface area contributed by atoms with Gasteiger partial charge in [0.1, 0.15) is 0 Å². The molecule has 0 unspecified atom stereocenters. The van der Waals surface area contributed by atoms with Gasteiger partial charge in [-0.1, -0.05) is 6.07 Å². The Morgan fingerprint density at radius 3 is 2.79 bits per heavy atom. The SMILES string of the molecule is Cc1nn(C)c2nc(-c3cccs3)cc(C(=O)NCCN)c12.Cl.Cl. The van der Waals surface area contributed by atoms with Gasteiger partial charge >= 0.3 is 0 Å². The van der Waals surface area contributed by atoms with Gasteiger partial charge in [-0.15, -0.1) is 36.2 Å². The van der Waals surface area contributed by atoms with Gasteiger partial charge in [0, 0.05) is 20.1 Å². The van der Waals surface area contributed by atoms with Crippen molar-refractivity contribution in [2.75, 3.05) is 13.1 Å². The van der Waals surface area contributed by atoms with Crippen molar-refractivity contribution in [2.45, 2.75) is 6.92 Å². The van der Waals surface area contributed by atoms with E-state index in [1.807, 2.05) is 37.6 Å². The lowest BCUT2D eigenvalue weighted by molar-refractivity contribution is 0.0956. The van der Waals surface area contributed by atoms with Crippen LogP contribution in [0.25, 0.3) is 21.6 Å². The minimum absolute atomic E-state index is 0. The van der Waals surface area contributed by atoms with Crippen LogP contribution >= 0.6 is 36.2 Å². The fourth-order valence-corrected chi connectivity index (χ4v) is 3.14. The zero-order chi connectivity index (χ0) is 15.7. The average Bonchev–Trinajstić information content (AvgIpc) is 3.13. The molecule has 3 aromatic heterocycles. The van der Waals surface area contributed by atoms with Crippen LogP contribution in [0.5, 0.6) is 0 Å². The van der Waals surface area contributed by atoms with E-state index in [-0.39, 0.29) is 30.7 Å². The Hall–Kier alpha value is -1.67. The van der Waals surface area contributed by atoms with E-state index >= 15 is 0 Å². The van der Waals surface area contributed by atoms with Gasteiger partial charge in [-0.25, -0.2) is 4.98 Å². The van der Waals surface area contributed by atoms with Crippen LogP contribution in [0.2, 0.25) is 0 Å². The maximum atomic E-state index is 12.5. The van der Waals surface area contributed by atoms with Crippen LogP contribution in [0.4, 0.5) is 0 Å². The van der Waals surface area contributed by atoms with E-state index in [2.05, 4.69) is 15.4 Å². The summed E-state index contributed by atoms with van der Waals surface area (Å²) in [6.45, 7) is 2.73. The minimum Gasteiger partial charge on any atom is -0.351 e. The van der Waals surface area contributed by atoms with E-state index in [1.54, 1.807) is 16.0 Å². The number of thiophene rings is 1. The molecule has 3 N–H and O–H groups in total. The number of rotatable bonds is 4. The predicted molar refractivity (Wildman–Crippen MR) is 102 cm³/mol. The molecule has 0 aromatic carbocycles. The Labute approximate surface area is 156 Å². The van der Waals surface area contributed by atoms with Gasteiger partial charge in [-0.3, -0.25) is 9.48 Å². The highest BCUT2D eigenvalue weighted by molar-refractivity contribution is 7.13. The van der Waals surface area contributed by atoms with Crippen LogP contribution in [0.1, 0.15) is 16.1 Å². The van der Waals surface area contributed by atoms with Crippen molar-refractivity contribution >= 4 is 53.1 Å². The molecule has 3 heterocycles. The summed E-state index contributed by atoms with van der Waals surface area (Å²) in [4.78, 5) is 18.2. The number of carbonyl (C=O) groups is 1. The monoisotopic (exact) mass is 387 g/mol. The first-order valence-corrected chi connectivity index (χ1v) is 7.86. The van der Waals surface area contributed by atoms with Gasteiger partial charge < -0.3 is 11.1 Å². The van der Waals surface area contributed by atoms with Crippen molar-refractivity contribution in [1.29, 1.82) is 0 Å². The second-order valence-electron chi connectivity index (χ2n) is 4.98. The standard InChI is InChI=1S/C15H17N5OS.2ClH/c1-9-13-10(15(21)17-6-5-16)8-11(12-4-3-7-22-12)18-14(13)20(2)19-9;;/h3-4,7-8H,5-6,16H2,1-2H3,(H,17,21);2*1H. The molecule has 0 fully saturated rings. The number of pyridine rings is 1. The summed E-state index contributed by atoms with van der Waals surface area (Å²) in [6, 6.07) is 5.78. The summed E-state index contributed by atoms with van der Waals surface area (Å²) in [6.07, 6.45) is 0. The van der Waals surface area contributed by atoms with Crippen molar-refractivity contribution in [2.24, 2.45) is 12.8 Å². The third kappa shape index (κ3) is 3.70. The van der Waals surface area contributed by atoms with Crippen molar-refractivity contribution in [3.8, 4) is 10.6 Å². The zero-order valence-corrected chi connectivity index (χ0v) is 15.7. The second-order valence-corrected chi connectivity index (χ2v) is 5.93. The van der Waals surface area contributed by atoms with Crippen LogP contribution in [-0.4, -0.2) is 33.8 Å². The van der Waals surface area contributed by atoms with Gasteiger partial charge in [0.15, 0.2) is 5.65 Å². The van der Waals surface area contributed by atoms with Gasteiger partial charge in [-0.05, 0) is 24.4 Å². The Morgan fingerprint density at radius 2 is 2.17 bits per heavy atom. The third-order valence-corrected chi connectivity index (χ3v) is 4.31. The molecule has 24 heavy (non-hydrogen) atoms. The molecule has 0 aliphatic heterocycles. The lowest BCUT2D eigenvalue weighted by Gasteiger charge is -2.08. The smallest absolute Gasteiger partial charge is 0.252 e. The first kappa shape index (κ1) is 20.4. The number of aromatic nitrogens is 3. The largest absolute Gasteiger partial charge is 0.351 e. The topological polar surface area (TPSA) is 85.8 Å². The Kier molecular flexibility index (Phi) is 7.16. The maximum Gasteiger partial charge on any atom is 0.252 e. The summed E-state index contributed by atoms with van der Waals surface area (Å²) in [5.41, 5.74) is 8.34. The highest BCUT2D eigenvalue weighted by Gasteiger charge is 2.19. The molecule has 1 amide bonds. The highest BCUT2D eigenvalue weighted by atomic mass is 35.5. The lowest BCUT2D eigenvalue weighted by atomic mass is 10.1. The van der Waals surface area contributed by atoms with Crippen LogP contribution in [0, 0.1) is 6.92 Å². The second kappa shape index (κ2) is 8.43. The number of nitrogens with one attached hydrogen (secondary N) is 1. The van der Waals surface area contributed by atoms with Crippen molar-refractivity contribution in [3.05, 3.63) is 34.8 Å². The normalized spacial score (nSPS) is 10.1. The van der Waals surface area contributed by atoms with E-state index in [0.717, 1.165) is 21.7 Å². The third-order valence-electron chi connectivity index (χ3n) is 3.42. The molecule has 130 valence electrons. The maximum absolute atomic E-state index is 12.5. The molecule has 0 spiro atoms. The summed E-state index contributed by atoms with van der Waals surface area (Å²) >= 11 is 1.59. The molecule has 0 saturated carbocycles. The molecule has 0 atom stereocenters. The lowest BCUT2D eigenvalue weighted by Crippen LogP contribution is -2.29. The Bertz CT molecular complexity index is 832. The number of aryl methyl sites for hydroxylation is 2. The molecule has 3 aromatic rings. The minimum atomic E-state index is -0.147. The molecule has 9 heteroatoms. The van der Waals surface area contributed by atoms with E-state index in [9.17, 15) is 4.79 Å². The van der Waals surface area contributed by atoms with E-state index in [1.165, 1.54) is 0 Å². The molecule has 0 bridgehead atoms. The molecular weight excluding hydrogens is 369 g/mol. The summed E-state index contributed by atoms with van der Waals surface area (Å²) < 4.78 is 1.71. The Balaban J connectivity index is 0.00000144. The first-order valence-electron chi connectivity index (χ1n) is 6.98. The summed E-state index contributed by atoms with van der Waals surface area (Å²) in [7, 11) is 1.84. The summed E-state index contributed by atoms with van der Waals surface area (Å²) in [5, 5.41) is 9.99. The van der Waals surface area contributed by atoms with Crippen LogP contribution < -0.4 is 11.1 Å². The van der Waals surface area contributed by atoms with Crippen molar-refractivity contribution < 1.29 is 4.79 Å². The van der Waals surface area contributed by atoms with Crippen molar-refractivity contribution in [1.82, 2.24) is 20.1 Å². The number of halogens is 2. The quantitative estimate of drug-likeness (QED) is 0.719. The van der Waals surface area contributed by atoms with Gasteiger partial charge in [0.05, 0.1) is 27.2 Å². The number of hydrogen-bond donors (Lipinski definition) is 2. The average molecular weight is 388 g/mol. The number of carbonyl (C=O) groups excluding carboxylic acids is 1.